The molecule has 1 aliphatic rings. The molecule has 1 N–H and O–H groups in total. The fraction of sp³-hybridized carbons (Fsp3) is 0.250. The van der Waals surface area contributed by atoms with Gasteiger partial charge in [-0.2, -0.15) is 5.10 Å². The zero-order valence-corrected chi connectivity index (χ0v) is 20.5. The Balaban J connectivity index is 1.19. The van der Waals surface area contributed by atoms with Crippen LogP contribution >= 0.6 is 11.6 Å². The van der Waals surface area contributed by atoms with Crippen LogP contribution in [0.2, 0.25) is 5.02 Å². The number of hydrogen-bond donors (Lipinski definition) is 1. The number of nitrogens with one attached hydrogen (secondary N) is 1. The molecule has 7 nitrogen and oxygen atoms in total. The van der Waals surface area contributed by atoms with Gasteiger partial charge in [-0.1, -0.05) is 48.0 Å². The number of hydrogen-bond acceptors (Lipinski definition) is 4. The minimum absolute atomic E-state index is 0.0208. The van der Waals surface area contributed by atoms with Crippen molar-refractivity contribution in [2.24, 2.45) is 0 Å². The highest BCUT2D eigenvalue weighted by Crippen LogP contribution is 2.40. The van der Waals surface area contributed by atoms with Gasteiger partial charge in [-0.25, -0.2) is 0 Å². The number of carbonyl (C=O) groups excluding carboxylic acids is 1. The Labute approximate surface area is 214 Å². The van der Waals surface area contributed by atoms with Crippen LogP contribution < -0.4 is 15.6 Å². The summed E-state index contributed by atoms with van der Waals surface area (Å²) in [6.07, 6.45) is 5.74. The minimum Gasteiger partial charge on any atom is -0.492 e. The molecule has 0 saturated heterocycles. The second-order valence-electron chi connectivity index (χ2n) is 8.94. The van der Waals surface area contributed by atoms with Crippen molar-refractivity contribution in [2.45, 2.75) is 31.8 Å². The number of benzene rings is 2. The van der Waals surface area contributed by atoms with E-state index in [0.29, 0.717) is 48.5 Å². The normalized spacial score (nSPS) is 12.9. The average molecular weight is 503 g/mol. The molecular formula is C28H27ClN4O3. The van der Waals surface area contributed by atoms with Crippen molar-refractivity contribution in [3.8, 4) is 5.75 Å². The molecule has 184 valence electrons. The summed E-state index contributed by atoms with van der Waals surface area (Å²) in [5.41, 5.74) is 3.59. The third-order valence-electron chi connectivity index (χ3n) is 6.07. The molecule has 0 bridgehead atoms. The highest BCUT2D eigenvalue weighted by molar-refractivity contribution is 6.30. The first kappa shape index (κ1) is 23.9. The molecule has 4 aromatic rings. The fourth-order valence-corrected chi connectivity index (χ4v) is 4.24. The van der Waals surface area contributed by atoms with E-state index in [1.165, 1.54) is 0 Å². The molecule has 2 heterocycles. The molecule has 1 amide bonds. The van der Waals surface area contributed by atoms with Crippen molar-refractivity contribution in [2.75, 3.05) is 13.2 Å². The van der Waals surface area contributed by atoms with Crippen molar-refractivity contribution >= 4 is 17.5 Å². The number of nitrogens with zero attached hydrogens (tertiary/aromatic N) is 3. The van der Waals surface area contributed by atoms with Crippen molar-refractivity contribution in [3.05, 3.63) is 117 Å². The van der Waals surface area contributed by atoms with Crippen LogP contribution in [0.3, 0.4) is 0 Å². The number of carbonyl (C=O) groups is 1. The van der Waals surface area contributed by atoms with Crippen molar-refractivity contribution in [1.29, 1.82) is 0 Å². The quantitative estimate of drug-likeness (QED) is 0.324. The van der Waals surface area contributed by atoms with Gasteiger partial charge in [-0.05, 0) is 48.2 Å². The Morgan fingerprint density at radius 3 is 2.53 bits per heavy atom. The van der Waals surface area contributed by atoms with E-state index >= 15 is 0 Å². The van der Waals surface area contributed by atoms with Crippen LogP contribution in [0.4, 0.5) is 0 Å². The zero-order chi connectivity index (χ0) is 24.9. The minimum atomic E-state index is -0.138. The fourth-order valence-electron chi connectivity index (χ4n) is 4.06. The van der Waals surface area contributed by atoms with E-state index in [1.807, 2.05) is 53.3 Å². The Bertz CT molecular complexity index is 1410. The lowest BCUT2D eigenvalue weighted by molar-refractivity contribution is 0.0946. The third kappa shape index (κ3) is 6.04. The van der Waals surface area contributed by atoms with Gasteiger partial charge in [0.25, 0.3) is 11.5 Å². The molecule has 8 heteroatoms. The van der Waals surface area contributed by atoms with Gasteiger partial charge in [0.05, 0.1) is 30.9 Å². The van der Waals surface area contributed by atoms with Gasteiger partial charge >= 0.3 is 0 Å². The average Bonchev–Trinajstić information content (AvgIpc) is 3.64. The maximum Gasteiger partial charge on any atom is 0.254 e. The molecular weight excluding hydrogens is 476 g/mol. The lowest BCUT2D eigenvalue weighted by atomic mass is 10.1. The smallest absolute Gasteiger partial charge is 0.254 e. The molecule has 0 aliphatic heterocycles. The van der Waals surface area contributed by atoms with Crippen LogP contribution in [-0.2, 0) is 13.1 Å². The SMILES string of the molecule is O=C(NCCOc1cccc(Cl)c1)c1cn(Cc2ccc(Cn3ccccc3=O)cc2)nc1C1CC1. The molecule has 2 aromatic heterocycles. The third-order valence-corrected chi connectivity index (χ3v) is 6.31. The largest absolute Gasteiger partial charge is 0.492 e. The standard InChI is InChI=1S/C28H27ClN4O3/c29-23-4-3-5-24(16-23)36-15-13-30-28(35)25-19-33(31-27(25)22-11-12-22)18-21-9-7-20(8-10-21)17-32-14-2-1-6-26(32)34/h1-10,14,16,19,22H,11-13,15,17-18H2,(H,30,35). The molecule has 5 rings (SSSR count). The Morgan fingerprint density at radius 2 is 1.81 bits per heavy atom. The number of rotatable bonds is 10. The molecule has 1 fully saturated rings. The number of halogens is 1. The zero-order valence-electron chi connectivity index (χ0n) is 19.8. The van der Waals surface area contributed by atoms with E-state index in [9.17, 15) is 9.59 Å². The van der Waals surface area contributed by atoms with Crippen molar-refractivity contribution in [1.82, 2.24) is 19.7 Å². The van der Waals surface area contributed by atoms with Crippen LogP contribution in [0.5, 0.6) is 5.75 Å². The van der Waals surface area contributed by atoms with Gasteiger partial charge in [0.1, 0.15) is 12.4 Å². The van der Waals surface area contributed by atoms with Crippen LogP contribution in [0.25, 0.3) is 0 Å². The maximum atomic E-state index is 12.9. The summed E-state index contributed by atoms with van der Waals surface area (Å²) in [5, 5.41) is 8.29. The summed E-state index contributed by atoms with van der Waals surface area (Å²) in [5.74, 6) is 0.882. The summed E-state index contributed by atoms with van der Waals surface area (Å²) in [7, 11) is 0. The topological polar surface area (TPSA) is 78.1 Å². The lowest BCUT2D eigenvalue weighted by Crippen LogP contribution is -2.28. The summed E-state index contributed by atoms with van der Waals surface area (Å²) in [6.45, 7) is 1.82. The number of pyridine rings is 1. The molecule has 1 saturated carbocycles. The lowest BCUT2D eigenvalue weighted by Gasteiger charge is -2.08. The molecule has 0 unspecified atom stereocenters. The first-order valence-corrected chi connectivity index (χ1v) is 12.4. The van der Waals surface area contributed by atoms with E-state index in [0.717, 1.165) is 29.7 Å². The van der Waals surface area contributed by atoms with Crippen molar-refractivity contribution < 1.29 is 9.53 Å². The summed E-state index contributed by atoms with van der Waals surface area (Å²) in [4.78, 5) is 24.9. The van der Waals surface area contributed by atoms with E-state index in [4.69, 9.17) is 21.4 Å². The summed E-state index contributed by atoms with van der Waals surface area (Å²) < 4.78 is 9.17. The Hall–Kier alpha value is -3.84. The van der Waals surface area contributed by atoms with E-state index in [-0.39, 0.29) is 11.5 Å². The monoisotopic (exact) mass is 502 g/mol. The van der Waals surface area contributed by atoms with Gasteiger partial charge in [0.2, 0.25) is 0 Å². The van der Waals surface area contributed by atoms with Crippen LogP contribution in [0.1, 0.15) is 45.9 Å². The summed E-state index contributed by atoms with van der Waals surface area (Å²) >= 11 is 5.98. The van der Waals surface area contributed by atoms with E-state index in [2.05, 4.69) is 5.32 Å². The maximum absolute atomic E-state index is 12.9. The van der Waals surface area contributed by atoms with E-state index in [1.54, 1.807) is 35.0 Å². The molecule has 0 radical (unpaired) electrons. The van der Waals surface area contributed by atoms with Crippen molar-refractivity contribution in [3.63, 3.8) is 0 Å². The van der Waals surface area contributed by atoms with Crippen LogP contribution in [-0.4, -0.2) is 33.4 Å². The van der Waals surface area contributed by atoms with Gasteiger partial charge in [-0.15, -0.1) is 0 Å². The van der Waals surface area contributed by atoms with Crippen LogP contribution in [0.15, 0.2) is 83.9 Å². The van der Waals surface area contributed by atoms with Gasteiger partial charge in [0, 0.05) is 29.4 Å². The highest BCUT2D eigenvalue weighted by Gasteiger charge is 2.31. The number of amides is 1. The van der Waals surface area contributed by atoms with Crippen LogP contribution in [0, 0.1) is 0 Å². The van der Waals surface area contributed by atoms with Gasteiger partial charge < -0.3 is 14.6 Å². The predicted octanol–water partition coefficient (Wildman–Crippen LogP) is 4.48. The Kier molecular flexibility index (Phi) is 7.18. The molecule has 1 aliphatic carbocycles. The first-order chi connectivity index (χ1) is 17.5. The molecule has 0 atom stereocenters. The van der Waals surface area contributed by atoms with Gasteiger partial charge in [0.15, 0.2) is 0 Å². The molecule has 2 aromatic carbocycles. The second kappa shape index (κ2) is 10.8. The highest BCUT2D eigenvalue weighted by atomic mass is 35.5. The number of aromatic nitrogens is 3. The predicted molar refractivity (Wildman–Crippen MR) is 139 cm³/mol. The summed E-state index contributed by atoms with van der Waals surface area (Å²) in [6, 6.07) is 20.5. The Morgan fingerprint density at radius 1 is 1.03 bits per heavy atom. The first-order valence-electron chi connectivity index (χ1n) is 12.0. The van der Waals surface area contributed by atoms with E-state index < -0.39 is 0 Å². The second-order valence-corrected chi connectivity index (χ2v) is 9.38. The number of ether oxygens (including phenoxy) is 1. The molecule has 0 spiro atoms. The molecule has 36 heavy (non-hydrogen) atoms. The van der Waals surface area contributed by atoms with Gasteiger partial charge in [-0.3, -0.25) is 14.3 Å².